The monoisotopic (exact) mass is 448 g/mol. The first-order valence-corrected chi connectivity index (χ1v) is 13.2. The van der Waals surface area contributed by atoms with Crippen molar-refractivity contribution in [3.8, 4) is 0 Å². The Labute approximate surface area is 193 Å². The maximum atomic E-state index is 15.1. The van der Waals surface area contributed by atoms with Gasteiger partial charge in [0.1, 0.15) is 5.83 Å². The van der Waals surface area contributed by atoms with Gasteiger partial charge in [-0.2, -0.15) is 0 Å². The highest BCUT2D eigenvalue weighted by atomic mass is 19.1. The molecule has 0 radical (unpaired) electrons. The van der Waals surface area contributed by atoms with E-state index in [1.165, 1.54) is 25.7 Å². The average molecular weight is 449 g/mol. The number of alkyl halides is 1. The fourth-order valence-corrected chi connectivity index (χ4v) is 6.33. The zero-order valence-corrected chi connectivity index (χ0v) is 19.8. The number of hydrogen-bond donors (Lipinski definition) is 0. The highest BCUT2D eigenvalue weighted by molar-refractivity contribution is 5.32. The van der Waals surface area contributed by atoms with Gasteiger partial charge in [0.15, 0.2) is 6.29 Å². The van der Waals surface area contributed by atoms with E-state index < -0.39 is 0 Å². The molecule has 1 aliphatic heterocycles. The van der Waals surface area contributed by atoms with Crippen LogP contribution < -0.4 is 0 Å². The van der Waals surface area contributed by atoms with Crippen molar-refractivity contribution in [1.82, 2.24) is 0 Å². The quantitative estimate of drug-likeness (QED) is 0.371. The van der Waals surface area contributed by atoms with E-state index in [1.807, 2.05) is 0 Å². The molecular weight excluding hydrogens is 406 g/mol. The second kappa shape index (κ2) is 11.9. The van der Waals surface area contributed by atoms with Crippen LogP contribution in [-0.4, -0.2) is 26.2 Å². The first-order chi connectivity index (χ1) is 15.7. The summed E-state index contributed by atoms with van der Waals surface area (Å²) in [6.07, 6.45) is 20.1. The summed E-state index contributed by atoms with van der Waals surface area (Å²) in [6.45, 7) is 3.34. The van der Waals surface area contributed by atoms with Gasteiger partial charge in [-0.1, -0.05) is 31.6 Å². The van der Waals surface area contributed by atoms with Crippen molar-refractivity contribution < 1.29 is 18.3 Å². The van der Waals surface area contributed by atoms with Crippen LogP contribution in [0.3, 0.4) is 0 Å². The number of allylic oxidation sites excluding steroid dienone is 4. The van der Waals surface area contributed by atoms with E-state index in [9.17, 15) is 4.39 Å². The molecule has 4 rings (SSSR count). The van der Waals surface area contributed by atoms with Crippen LogP contribution in [-0.2, 0) is 9.47 Å². The Morgan fingerprint density at radius 2 is 1.62 bits per heavy atom. The predicted octanol–water partition coefficient (Wildman–Crippen LogP) is 7.71. The van der Waals surface area contributed by atoms with Gasteiger partial charge in [-0.05, 0) is 99.5 Å². The maximum absolute atomic E-state index is 15.1. The van der Waals surface area contributed by atoms with Gasteiger partial charge in [0.25, 0.3) is 0 Å². The molecule has 2 nitrogen and oxygen atoms in total. The molecule has 0 aromatic rings. The summed E-state index contributed by atoms with van der Waals surface area (Å²) in [7, 11) is 0. The predicted molar refractivity (Wildman–Crippen MR) is 125 cm³/mol. The summed E-state index contributed by atoms with van der Waals surface area (Å²) in [6, 6.07) is 0. The van der Waals surface area contributed by atoms with Gasteiger partial charge >= 0.3 is 0 Å². The van der Waals surface area contributed by atoms with Crippen LogP contribution in [0, 0.1) is 35.5 Å². The molecule has 0 amide bonds. The molecule has 180 valence electrons. The summed E-state index contributed by atoms with van der Waals surface area (Å²) in [5.74, 6) is 2.43. The molecule has 32 heavy (non-hydrogen) atoms. The molecule has 3 aliphatic carbocycles. The van der Waals surface area contributed by atoms with Crippen molar-refractivity contribution in [3.63, 3.8) is 0 Å². The largest absolute Gasteiger partial charge is 0.351 e. The molecule has 0 aromatic heterocycles. The number of ether oxygens (including phenoxy) is 2. The Morgan fingerprint density at radius 1 is 0.969 bits per heavy atom. The second-order valence-electron chi connectivity index (χ2n) is 10.6. The van der Waals surface area contributed by atoms with E-state index in [-0.39, 0.29) is 24.7 Å². The standard InChI is InChI=1S/C28H42F2O2/c1-2-3-4-5-21-18-31-28(32-19-21)25-14-15-26(27(30)16-25)24-12-10-23(11-13-24)22-8-6-20(17-29)7-9-22/h4-5,15-16,20-25,28H,2-3,6-14,17-19H2,1H3/b5-4+. The highest BCUT2D eigenvalue weighted by Gasteiger charge is 2.35. The minimum atomic E-state index is -0.329. The third-order valence-corrected chi connectivity index (χ3v) is 8.40. The smallest absolute Gasteiger partial charge is 0.164 e. The molecule has 2 saturated carbocycles. The molecule has 1 saturated heterocycles. The first kappa shape index (κ1) is 24.1. The normalized spacial score (nSPS) is 39.0. The zero-order valence-electron chi connectivity index (χ0n) is 19.8. The Morgan fingerprint density at radius 3 is 2.22 bits per heavy atom. The van der Waals surface area contributed by atoms with Crippen LogP contribution >= 0.6 is 0 Å². The minimum Gasteiger partial charge on any atom is -0.351 e. The maximum Gasteiger partial charge on any atom is 0.164 e. The van der Waals surface area contributed by atoms with Gasteiger partial charge in [-0.15, -0.1) is 0 Å². The van der Waals surface area contributed by atoms with Crippen molar-refractivity contribution in [2.75, 3.05) is 19.9 Å². The molecule has 0 spiro atoms. The topological polar surface area (TPSA) is 18.5 Å². The number of halogens is 2. The fraction of sp³-hybridized carbons (Fsp3) is 0.786. The molecule has 3 fully saturated rings. The van der Waals surface area contributed by atoms with Crippen molar-refractivity contribution in [2.24, 2.45) is 35.5 Å². The number of rotatable bonds is 7. The fourth-order valence-electron chi connectivity index (χ4n) is 6.33. The van der Waals surface area contributed by atoms with Crippen molar-refractivity contribution in [3.05, 3.63) is 35.7 Å². The SMILES string of the molecule is CCC/C=C/C1COC(C2C=C(F)C(C3CCC(C4CCC(CF)CC4)CC3)=CC2)OC1. The van der Waals surface area contributed by atoms with E-state index >= 15 is 4.39 Å². The molecule has 4 aliphatic rings. The Kier molecular flexibility index (Phi) is 8.99. The van der Waals surface area contributed by atoms with Crippen LogP contribution in [0.1, 0.15) is 77.6 Å². The lowest BCUT2D eigenvalue weighted by molar-refractivity contribution is -0.210. The van der Waals surface area contributed by atoms with Crippen LogP contribution in [0.25, 0.3) is 0 Å². The number of unbranched alkanes of at least 4 members (excludes halogenated alkanes) is 1. The van der Waals surface area contributed by atoms with E-state index in [1.54, 1.807) is 6.08 Å². The summed E-state index contributed by atoms with van der Waals surface area (Å²) < 4.78 is 39.9. The van der Waals surface area contributed by atoms with Crippen LogP contribution in [0.2, 0.25) is 0 Å². The Hall–Kier alpha value is -1.00. The lowest BCUT2D eigenvalue weighted by atomic mass is 9.68. The molecule has 0 bridgehead atoms. The molecule has 0 N–H and O–H groups in total. The lowest BCUT2D eigenvalue weighted by Gasteiger charge is -2.38. The van der Waals surface area contributed by atoms with E-state index in [0.717, 1.165) is 62.4 Å². The van der Waals surface area contributed by atoms with E-state index in [4.69, 9.17) is 9.47 Å². The zero-order chi connectivity index (χ0) is 22.3. The second-order valence-corrected chi connectivity index (χ2v) is 10.6. The molecule has 4 heteroatoms. The molecule has 0 aromatic carbocycles. The molecule has 1 heterocycles. The molecule has 1 atom stereocenters. The third-order valence-electron chi connectivity index (χ3n) is 8.40. The summed E-state index contributed by atoms with van der Waals surface area (Å²) in [5, 5.41) is 0. The van der Waals surface area contributed by atoms with Gasteiger partial charge in [0.05, 0.1) is 19.9 Å². The average Bonchev–Trinajstić information content (AvgIpc) is 2.85. The van der Waals surface area contributed by atoms with E-state index in [2.05, 4.69) is 25.2 Å². The first-order valence-electron chi connectivity index (χ1n) is 13.2. The molecule has 1 unspecified atom stereocenters. The minimum absolute atomic E-state index is 0.0265. The van der Waals surface area contributed by atoms with Crippen LogP contribution in [0.4, 0.5) is 8.78 Å². The van der Waals surface area contributed by atoms with Crippen molar-refractivity contribution in [2.45, 2.75) is 83.8 Å². The lowest BCUT2D eigenvalue weighted by Crippen LogP contribution is -2.36. The Balaban J connectivity index is 1.22. The van der Waals surface area contributed by atoms with Gasteiger partial charge in [0.2, 0.25) is 0 Å². The summed E-state index contributed by atoms with van der Waals surface area (Å²) in [5.41, 5.74) is 0.928. The third kappa shape index (κ3) is 6.11. The van der Waals surface area contributed by atoms with E-state index in [0.29, 0.717) is 31.0 Å². The van der Waals surface area contributed by atoms with Crippen LogP contribution in [0.5, 0.6) is 0 Å². The van der Waals surface area contributed by atoms with Gasteiger partial charge in [-0.3, -0.25) is 4.39 Å². The van der Waals surface area contributed by atoms with Gasteiger partial charge < -0.3 is 9.47 Å². The Bertz CT molecular complexity index is 661. The summed E-state index contributed by atoms with van der Waals surface area (Å²) >= 11 is 0. The van der Waals surface area contributed by atoms with Gasteiger partial charge in [0, 0.05) is 11.8 Å². The summed E-state index contributed by atoms with van der Waals surface area (Å²) in [4.78, 5) is 0. The van der Waals surface area contributed by atoms with Crippen molar-refractivity contribution >= 4 is 0 Å². The van der Waals surface area contributed by atoms with Gasteiger partial charge in [-0.25, -0.2) is 4.39 Å². The van der Waals surface area contributed by atoms with Crippen LogP contribution in [0.15, 0.2) is 35.7 Å². The highest BCUT2D eigenvalue weighted by Crippen LogP contribution is 2.45. The molecular formula is C28H42F2O2. The number of hydrogen-bond acceptors (Lipinski definition) is 2. The van der Waals surface area contributed by atoms with Crippen molar-refractivity contribution in [1.29, 1.82) is 0 Å².